The Bertz CT molecular complexity index is 5350. The summed E-state index contributed by atoms with van der Waals surface area (Å²) < 4.78 is 39.5. The molecule has 11 bridgehead atoms. The molecular formula is C83H91Cl4N13O26. The van der Waals surface area contributed by atoms with Gasteiger partial charge in [-0.15, -0.1) is 0 Å². The highest BCUT2D eigenvalue weighted by molar-refractivity contribution is 6.35. The van der Waals surface area contributed by atoms with Crippen LogP contribution in [-0.4, -0.2) is 228 Å². The molecule has 2 saturated heterocycles. The van der Waals surface area contributed by atoms with Crippen LogP contribution in [0.1, 0.15) is 121 Å². The Morgan fingerprint density at radius 1 is 0.698 bits per heavy atom. The van der Waals surface area contributed by atoms with Crippen molar-refractivity contribution in [2.75, 3.05) is 39.7 Å². The number of carbonyl (C=O) groups excluding carboxylic acids is 10. The lowest BCUT2D eigenvalue weighted by molar-refractivity contribution is -0.334. The third kappa shape index (κ3) is 21.3. The Kier molecular flexibility index (Phi) is 29.5. The van der Waals surface area contributed by atoms with Crippen molar-refractivity contribution in [2.45, 2.75) is 163 Å². The van der Waals surface area contributed by atoms with Crippen molar-refractivity contribution in [3.63, 3.8) is 0 Å². The van der Waals surface area contributed by atoms with Gasteiger partial charge in [0, 0.05) is 77.9 Å². The minimum absolute atomic E-state index is 0.0560. The van der Waals surface area contributed by atoms with Gasteiger partial charge in [0.1, 0.15) is 95.5 Å². The first-order valence-corrected chi connectivity index (χ1v) is 40.7. The van der Waals surface area contributed by atoms with Crippen LogP contribution < -0.4 is 73.3 Å². The number of nitrogens with two attached hydrogens (primary N) is 1. The van der Waals surface area contributed by atoms with Crippen molar-refractivity contribution in [1.29, 1.82) is 0 Å². The van der Waals surface area contributed by atoms with Crippen LogP contribution in [0, 0.1) is 5.92 Å². The van der Waals surface area contributed by atoms with E-state index in [2.05, 4.69) is 52.8 Å². The minimum Gasteiger partial charge on any atom is -0.508 e. The SMILES string of the molecule is CN[C@H](CC(C)C)C(=O)N[C@H]1C(=O)N[C@@H](CC(N)=O)C(=O)N[C@H]2C(=O)N[C@H]3C(=O)N[C@H](C(=O)N[C@@H](C(=O)NOCC(=O)N(C)C)c4cc(O)cc(O)c4-c4cc3ccc4O)[C@H](O)c3ccc(c(Cl)c3)Oc3cc2cc(c3O[C@@H]2O[C@H](CO)[C@@H](O)[C@H](O)[C@H]2O[C@H]2C[C@](C)(NCc3cncc(C(=O)Nc4cc(Cl)cc(Cl)c4)c3)[C@H](O)[C@H](C)O2)Oc2ccc(cc2Cl)[C@H]1O. The Hall–Kier alpha value is -11.4. The number of ether oxygens (including phenoxy) is 6. The second-order valence-electron chi connectivity index (χ2n) is 31.4. The van der Waals surface area contributed by atoms with E-state index >= 15 is 24.0 Å². The number of carbonyl (C=O) groups is 10. The number of pyridine rings is 1. The topological polar surface area (TPSA) is 580 Å². The van der Waals surface area contributed by atoms with Gasteiger partial charge in [0.25, 0.3) is 17.7 Å². The number of aromatic nitrogens is 1. The van der Waals surface area contributed by atoms with E-state index in [0.29, 0.717) is 11.3 Å². The van der Waals surface area contributed by atoms with Gasteiger partial charge in [-0.05, 0) is 145 Å². The highest BCUT2D eigenvalue weighted by Gasteiger charge is 2.52. The van der Waals surface area contributed by atoms with Crippen molar-refractivity contribution < 1.29 is 127 Å². The Labute approximate surface area is 738 Å². The van der Waals surface area contributed by atoms with E-state index in [-0.39, 0.29) is 63.4 Å². The van der Waals surface area contributed by atoms with Crippen molar-refractivity contribution in [3.05, 3.63) is 175 Å². The molecule has 21 N–H and O–H groups in total. The molecule has 43 heteroatoms. The number of hydroxylamine groups is 1. The number of aromatic hydroxyl groups is 3. The van der Waals surface area contributed by atoms with Gasteiger partial charge in [-0.3, -0.25) is 57.8 Å². The lowest BCUT2D eigenvalue weighted by atomic mass is 9.84. The van der Waals surface area contributed by atoms with Crippen LogP contribution in [0.4, 0.5) is 5.69 Å². The summed E-state index contributed by atoms with van der Waals surface area (Å²) in [5.41, 5.74) is 4.37. The van der Waals surface area contributed by atoms with E-state index < -0.39 is 260 Å². The maximum absolute atomic E-state index is 16.4. The standard InChI is InChI=1S/C83H91Cl4N13O26/c1-33(2)14-49(89-5)75(113)97-65-67(107)37-9-12-53(47(86)17-37)122-55-19-39-20-56(71(55)126-82-72(70(110)69(109)57(31-101)124-82)125-60-27-83(4,73(111)34(3)121-60)91-29-35-15-40(30-90-28-35)74(112)92-43-22-41(84)21-42(85)23-43)123-54-13-10-38(18-48(54)87)68(108)66-80(118)96-64(81(119)99-120-32-59(106)100(6)7)46-24-44(102)25-52(104)61(46)45-16-36(8-11-51(45)103)62(77(115)98-66)95-78(116)63(39)94-76(114)50(26-58(88)105)93-79(65)117/h8-13,15-25,28,30,33-34,49-50,57,60,62-70,72-73,82,89,91,101-104,107-111H,14,26-27,29,31-32H2,1-7H3,(H2,88,105)(H,92,112)(H,93,117)(H,94,114)(H,95,116)(H,96,118)(H,97,113)(H,98,115)(H,99,119)/t34-,49+,50-,57+,60-,62+,63+,64+,65+,66-,67+,68+,69+,70-,72+,73+,82-,83-/m0/s1. The number of halogens is 4. The number of phenolic OH excluding ortho intramolecular Hbond substituents is 3. The summed E-state index contributed by atoms with van der Waals surface area (Å²) in [4.78, 5) is 157. The predicted molar refractivity (Wildman–Crippen MR) is 446 cm³/mol. The summed E-state index contributed by atoms with van der Waals surface area (Å²) in [6.07, 6.45) is -16.8. The van der Waals surface area contributed by atoms with Crippen molar-refractivity contribution in [1.82, 2.24) is 57.9 Å². The van der Waals surface area contributed by atoms with Gasteiger partial charge >= 0.3 is 0 Å². The molecule has 7 aliphatic heterocycles. The number of benzene rings is 6. The third-order valence-electron chi connectivity index (χ3n) is 21.5. The van der Waals surface area contributed by atoms with Crippen LogP contribution >= 0.6 is 46.4 Å². The summed E-state index contributed by atoms with van der Waals surface area (Å²) in [7, 11) is 4.22. The normalized spacial score (nSPS) is 25.8. The summed E-state index contributed by atoms with van der Waals surface area (Å²) in [5, 5.41) is 130. The Morgan fingerprint density at radius 3 is 1.96 bits per heavy atom. The molecule has 0 unspecified atom stereocenters. The van der Waals surface area contributed by atoms with Gasteiger partial charge in [-0.1, -0.05) is 78.5 Å². The van der Waals surface area contributed by atoms with Crippen molar-refractivity contribution in [3.8, 4) is 57.1 Å². The van der Waals surface area contributed by atoms with Gasteiger partial charge in [0.2, 0.25) is 53.4 Å². The van der Waals surface area contributed by atoms with Crippen LogP contribution in [0.25, 0.3) is 11.1 Å². The molecule has 672 valence electrons. The molecule has 0 saturated carbocycles. The van der Waals surface area contributed by atoms with E-state index in [4.69, 9.17) is 85.4 Å². The third-order valence-corrected chi connectivity index (χ3v) is 22.5. The monoisotopic (exact) mass is 1830 g/mol. The van der Waals surface area contributed by atoms with Gasteiger partial charge in [0.15, 0.2) is 30.5 Å². The number of hydrogen-bond acceptors (Lipinski definition) is 29. The molecule has 126 heavy (non-hydrogen) atoms. The number of likely N-dealkylation sites (N-methyl/N-ethyl adjacent to an activating group) is 2. The van der Waals surface area contributed by atoms with Gasteiger partial charge < -0.3 is 133 Å². The molecule has 14 rings (SSSR count). The number of phenols is 3. The first-order valence-electron chi connectivity index (χ1n) is 39.2. The maximum Gasteiger partial charge on any atom is 0.270 e. The van der Waals surface area contributed by atoms with E-state index in [1.807, 2.05) is 19.3 Å². The number of rotatable bonds is 21. The molecule has 7 aliphatic rings. The van der Waals surface area contributed by atoms with Gasteiger partial charge in [0.05, 0.1) is 46.9 Å². The first-order chi connectivity index (χ1) is 59.7. The summed E-state index contributed by atoms with van der Waals surface area (Å²) >= 11 is 26.8. The van der Waals surface area contributed by atoms with Crippen molar-refractivity contribution >= 4 is 111 Å². The average molecular weight is 1830 g/mol. The minimum atomic E-state index is -2.41. The molecule has 0 radical (unpaired) electrons. The molecule has 18 atom stereocenters. The number of aliphatic hydroxyl groups excluding tert-OH is 6. The zero-order chi connectivity index (χ0) is 91.4. The van der Waals surface area contributed by atoms with E-state index in [9.17, 15) is 69.9 Å². The zero-order valence-electron chi connectivity index (χ0n) is 68.1. The highest BCUT2D eigenvalue weighted by Crippen LogP contribution is 2.50. The number of nitrogens with zero attached hydrogens (tertiary/aromatic N) is 2. The summed E-state index contributed by atoms with van der Waals surface area (Å²) in [6, 6.07) is 5.08. The fourth-order valence-electron chi connectivity index (χ4n) is 14.8. The molecule has 39 nitrogen and oxygen atoms in total. The highest BCUT2D eigenvalue weighted by atomic mass is 35.5. The smallest absolute Gasteiger partial charge is 0.270 e. The summed E-state index contributed by atoms with van der Waals surface area (Å²) in [5.74, 6) is -17.2. The molecule has 2 fully saturated rings. The number of primary amides is 1. The number of nitrogens with one attached hydrogen (secondary N) is 10. The van der Waals surface area contributed by atoms with E-state index in [1.54, 1.807) is 6.92 Å². The second kappa shape index (κ2) is 39.7. The molecule has 0 aliphatic carbocycles. The van der Waals surface area contributed by atoms with Crippen LogP contribution in [0.5, 0.6) is 46.0 Å². The molecule has 8 heterocycles. The number of anilines is 1. The lowest BCUT2D eigenvalue weighted by Crippen LogP contribution is -2.65. The number of amides is 10. The fraction of sp³-hybridized carbons (Fsp3) is 0.386. The molecule has 0 spiro atoms. The van der Waals surface area contributed by atoms with Crippen LogP contribution in [0.3, 0.4) is 0 Å². The Morgan fingerprint density at radius 2 is 1.33 bits per heavy atom. The first kappa shape index (κ1) is 93.8. The predicted octanol–water partition coefficient (Wildman–Crippen LogP) is 2.94. The molecule has 1 aromatic heterocycles. The molecular weight excluding hydrogens is 1740 g/mol. The van der Waals surface area contributed by atoms with E-state index in [1.165, 1.54) is 76.9 Å². The van der Waals surface area contributed by atoms with Gasteiger partial charge in [-0.2, -0.15) is 0 Å². The summed E-state index contributed by atoms with van der Waals surface area (Å²) in [6.45, 7) is 4.87. The quantitative estimate of drug-likeness (QED) is 0.0460. The zero-order valence-corrected chi connectivity index (χ0v) is 71.1. The van der Waals surface area contributed by atoms with Gasteiger partial charge in [-0.25, -0.2) is 5.48 Å². The maximum atomic E-state index is 16.4. The van der Waals surface area contributed by atoms with Crippen LogP contribution in [0.15, 0.2) is 116 Å². The van der Waals surface area contributed by atoms with E-state index in [0.717, 1.165) is 71.6 Å². The largest absolute Gasteiger partial charge is 0.508 e. The van der Waals surface area contributed by atoms with Crippen LogP contribution in [-0.2, 0) is 68.7 Å². The molecule has 6 aromatic carbocycles. The number of aliphatic hydroxyl groups is 6. The molecule has 10 amide bonds. The second-order valence-corrected chi connectivity index (χ2v) is 33.1. The number of fused-ring (bicyclic) bond motifs is 15. The Balaban J connectivity index is 1.03. The van der Waals surface area contributed by atoms with Crippen molar-refractivity contribution in [2.24, 2.45) is 11.7 Å². The number of hydrogen-bond donors (Lipinski definition) is 20. The molecule has 7 aromatic rings. The fourth-order valence-corrected chi connectivity index (χ4v) is 15.8. The lowest BCUT2D eigenvalue weighted by Gasteiger charge is -2.48. The average Bonchev–Trinajstić information content (AvgIpc) is 0.766. The van der Waals surface area contributed by atoms with Crippen LogP contribution in [0.2, 0.25) is 20.1 Å².